The fraction of sp³-hybridized carbons (Fsp3) is 0.571. The average molecular weight is 385 g/mol. The van der Waals surface area contributed by atoms with Crippen LogP contribution in [0.4, 0.5) is 0 Å². The zero-order valence-corrected chi connectivity index (χ0v) is 17.1. The molecule has 5 nitrogen and oxygen atoms in total. The quantitative estimate of drug-likeness (QED) is 0.751. The topological polar surface area (TPSA) is 70.7 Å². The molecule has 2 aromatic rings. The Bertz CT molecular complexity index is 840. The van der Waals surface area contributed by atoms with Gasteiger partial charge in [0.1, 0.15) is 0 Å². The molecule has 0 unspecified atom stereocenters. The Labute approximate surface area is 165 Å². The summed E-state index contributed by atoms with van der Waals surface area (Å²) in [7, 11) is 0. The summed E-state index contributed by atoms with van der Waals surface area (Å²) in [4.78, 5) is 17.5. The summed E-state index contributed by atoms with van der Waals surface area (Å²) >= 11 is 1.48. The largest absolute Gasteiger partial charge is 0.352 e. The van der Waals surface area contributed by atoms with Gasteiger partial charge in [-0.25, -0.2) is 4.98 Å². The van der Waals surface area contributed by atoms with Gasteiger partial charge in [0.25, 0.3) is 0 Å². The number of imidazole rings is 1. The fourth-order valence-corrected chi connectivity index (χ4v) is 4.78. The summed E-state index contributed by atoms with van der Waals surface area (Å²) in [6.45, 7) is 7.04. The monoisotopic (exact) mass is 384 g/mol. The summed E-state index contributed by atoms with van der Waals surface area (Å²) in [6.07, 6.45) is 3.92. The highest BCUT2D eigenvalue weighted by Crippen LogP contribution is 2.31. The molecule has 4 atom stereocenters. The van der Waals surface area contributed by atoms with Crippen molar-refractivity contribution in [3.05, 3.63) is 24.3 Å². The molecule has 0 saturated heterocycles. The SMILES string of the molecule is C[C@H]1[C@H](C)CCC[C@H]1NC(=O)[C@H](C)Sc1nc2ccccc2n1CCC#N. The first kappa shape index (κ1) is 19.8. The van der Waals surface area contributed by atoms with Crippen molar-refractivity contribution < 1.29 is 4.79 Å². The second-order valence-electron chi connectivity index (χ2n) is 7.59. The predicted octanol–water partition coefficient (Wildman–Crippen LogP) is 4.37. The number of carbonyl (C=O) groups is 1. The predicted molar refractivity (Wildman–Crippen MR) is 109 cm³/mol. The van der Waals surface area contributed by atoms with Crippen LogP contribution in [0.25, 0.3) is 11.0 Å². The lowest BCUT2D eigenvalue weighted by molar-refractivity contribution is -0.121. The van der Waals surface area contributed by atoms with Crippen LogP contribution in [0.3, 0.4) is 0 Å². The molecule has 0 bridgehead atoms. The number of aromatic nitrogens is 2. The number of nitrogens with zero attached hydrogens (tertiary/aromatic N) is 3. The molecule has 144 valence electrons. The van der Waals surface area contributed by atoms with Crippen LogP contribution in [0.15, 0.2) is 29.4 Å². The highest BCUT2D eigenvalue weighted by Gasteiger charge is 2.30. The van der Waals surface area contributed by atoms with E-state index in [-0.39, 0.29) is 17.2 Å². The maximum absolute atomic E-state index is 12.8. The van der Waals surface area contributed by atoms with Crippen LogP contribution in [-0.2, 0) is 11.3 Å². The number of para-hydroxylation sites is 2. The minimum Gasteiger partial charge on any atom is -0.352 e. The fourth-order valence-electron chi connectivity index (χ4n) is 3.82. The molecule has 27 heavy (non-hydrogen) atoms. The number of thioether (sulfide) groups is 1. The number of aryl methyl sites for hydroxylation is 1. The standard InChI is InChI=1S/C21H28N4OS/c1-14-8-6-10-17(15(14)2)23-20(26)16(3)27-21-24-18-9-4-5-11-19(18)25(21)13-7-12-22/h4-5,9,11,14-17H,6-8,10,13H2,1-3H3,(H,23,26)/t14-,15+,16+,17-/m1/s1. The average Bonchev–Trinajstić information content (AvgIpc) is 3.00. The number of nitriles is 1. The molecule has 0 aliphatic heterocycles. The summed E-state index contributed by atoms with van der Waals surface area (Å²) in [5.41, 5.74) is 1.91. The maximum Gasteiger partial charge on any atom is 0.233 e. The van der Waals surface area contributed by atoms with Gasteiger partial charge in [-0.1, -0.05) is 50.6 Å². The van der Waals surface area contributed by atoms with E-state index in [4.69, 9.17) is 10.2 Å². The van der Waals surface area contributed by atoms with Crippen molar-refractivity contribution in [2.75, 3.05) is 0 Å². The molecule has 0 radical (unpaired) electrons. The van der Waals surface area contributed by atoms with E-state index in [1.54, 1.807) is 0 Å². The van der Waals surface area contributed by atoms with Crippen molar-refractivity contribution in [3.8, 4) is 6.07 Å². The first-order chi connectivity index (χ1) is 13.0. The molecule has 1 N–H and O–H groups in total. The molecule has 1 fully saturated rings. The van der Waals surface area contributed by atoms with Gasteiger partial charge in [-0.2, -0.15) is 5.26 Å². The van der Waals surface area contributed by atoms with E-state index in [1.165, 1.54) is 24.6 Å². The second kappa shape index (κ2) is 8.79. The normalized spacial score (nSPS) is 23.7. The number of hydrogen-bond donors (Lipinski definition) is 1. The van der Waals surface area contributed by atoms with Gasteiger partial charge in [-0.15, -0.1) is 0 Å². The zero-order chi connectivity index (χ0) is 19.4. The van der Waals surface area contributed by atoms with Gasteiger partial charge in [-0.3, -0.25) is 4.79 Å². The first-order valence-corrected chi connectivity index (χ1v) is 10.7. The van der Waals surface area contributed by atoms with Crippen LogP contribution < -0.4 is 5.32 Å². The van der Waals surface area contributed by atoms with Crippen LogP contribution in [0.5, 0.6) is 0 Å². The number of carbonyl (C=O) groups excluding carboxylic acids is 1. The smallest absolute Gasteiger partial charge is 0.233 e. The minimum atomic E-state index is -0.230. The Morgan fingerprint density at radius 3 is 2.96 bits per heavy atom. The van der Waals surface area contributed by atoms with Crippen LogP contribution >= 0.6 is 11.8 Å². The molecular weight excluding hydrogens is 356 g/mol. The Morgan fingerprint density at radius 2 is 2.19 bits per heavy atom. The first-order valence-electron chi connectivity index (χ1n) is 9.80. The van der Waals surface area contributed by atoms with Gasteiger partial charge in [0.05, 0.1) is 28.8 Å². The van der Waals surface area contributed by atoms with Gasteiger partial charge < -0.3 is 9.88 Å². The van der Waals surface area contributed by atoms with Gasteiger partial charge in [0.15, 0.2) is 5.16 Å². The van der Waals surface area contributed by atoms with Crippen molar-refractivity contribution in [3.63, 3.8) is 0 Å². The number of rotatable bonds is 6. The van der Waals surface area contributed by atoms with Gasteiger partial charge in [0.2, 0.25) is 5.91 Å². The third-order valence-corrected chi connectivity index (χ3v) is 6.84. The van der Waals surface area contributed by atoms with Crippen molar-refractivity contribution in [2.45, 2.75) is 69.4 Å². The van der Waals surface area contributed by atoms with Gasteiger partial charge in [0, 0.05) is 12.6 Å². The summed E-state index contributed by atoms with van der Waals surface area (Å²) in [6, 6.07) is 10.4. The minimum absolute atomic E-state index is 0.0739. The van der Waals surface area contributed by atoms with E-state index in [1.807, 2.05) is 31.2 Å². The molecule has 1 aliphatic carbocycles. The van der Waals surface area contributed by atoms with E-state index in [2.05, 4.69) is 29.8 Å². The lowest BCUT2D eigenvalue weighted by atomic mass is 9.78. The van der Waals surface area contributed by atoms with Gasteiger partial charge in [-0.05, 0) is 37.3 Å². The third-order valence-electron chi connectivity index (χ3n) is 5.75. The van der Waals surface area contributed by atoms with E-state index in [0.29, 0.717) is 24.8 Å². The van der Waals surface area contributed by atoms with Crippen molar-refractivity contribution in [2.24, 2.45) is 11.8 Å². The third kappa shape index (κ3) is 4.47. The summed E-state index contributed by atoms with van der Waals surface area (Å²) in [5.74, 6) is 1.24. The highest BCUT2D eigenvalue weighted by molar-refractivity contribution is 8.00. The molecule has 1 amide bonds. The zero-order valence-electron chi connectivity index (χ0n) is 16.3. The highest BCUT2D eigenvalue weighted by atomic mass is 32.2. The lowest BCUT2D eigenvalue weighted by Gasteiger charge is -2.35. The van der Waals surface area contributed by atoms with E-state index in [0.717, 1.165) is 22.6 Å². The Balaban J connectivity index is 1.72. The van der Waals surface area contributed by atoms with Gasteiger partial charge >= 0.3 is 0 Å². The van der Waals surface area contributed by atoms with Crippen LogP contribution in [-0.4, -0.2) is 26.8 Å². The van der Waals surface area contributed by atoms with Crippen molar-refractivity contribution in [1.29, 1.82) is 5.26 Å². The number of nitrogens with one attached hydrogen (secondary N) is 1. The Morgan fingerprint density at radius 1 is 1.41 bits per heavy atom. The van der Waals surface area contributed by atoms with E-state index >= 15 is 0 Å². The number of benzene rings is 1. The lowest BCUT2D eigenvalue weighted by Crippen LogP contribution is -2.46. The van der Waals surface area contributed by atoms with Crippen LogP contribution in [0, 0.1) is 23.2 Å². The molecule has 1 saturated carbocycles. The van der Waals surface area contributed by atoms with Crippen LogP contribution in [0.2, 0.25) is 0 Å². The summed E-state index contributed by atoms with van der Waals surface area (Å²) in [5, 5.41) is 12.8. The Kier molecular flexibility index (Phi) is 6.43. The number of amides is 1. The molecule has 1 heterocycles. The van der Waals surface area contributed by atoms with E-state index in [9.17, 15) is 4.79 Å². The van der Waals surface area contributed by atoms with E-state index < -0.39 is 0 Å². The molecule has 6 heteroatoms. The second-order valence-corrected chi connectivity index (χ2v) is 8.89. The van der Waals surface area contributed by atoms with Crippen molar-refractivity contribution in [1.82, 2.24) is 14.9 Å². The summed E-state index contributed by atoms with van der Waals surface area (Å²) < 4.78 is 2.05. The van der Waals surface area contributed by atoms with Crippen molar-refractivity contribution >= 4 is 28.7 Å². The van der Waals surface area contributed by atoms with Crippen LogP contribution in [0.1, 0.15) is 46.5 Å². The Hall–Kier alpha value is -2.00. The molecule has 1 aromatic heterocycles. The number of fused-ring (bicyclic) bond motifs is 1. The molecular formula is C21H28N4OS. The molecule has 3 rings (SSSR count). The maximum atomic E-state index is 12.8. The molecule has 0 spiro atoms. The molecule has 1 aromatic carbocycles. The number of hydrogen-bond acceptors (Lipinski definition) is 4. The molecule has 1 aliphatic rings.